The largest absolute Gasteiger partial charge is 0.384 e. The Balaban J connectivity index is 1.96. The van der Waals surface area contributed by atoms with Gasteiger partial charge in [0.2, 0.25) is 0 Å². The van der Waals surface area contributed by atoms with Crippen molar-refractivity contribution in [1.82, 2.24) is 0 Å². The monoisotopic (exact) mass is 471 g/mol. The number of carbonyl (C=O) groups is 1. The first-order chi connectivity index (χ1) is 14.0. The molecule has 0 fully saturated rings. The molecule has 1 aromatic heterocycles. The summed E-state index contributed by atoms with van der Waals surface area (Å²) in [6.07, 6.45) is 2.60. The van der Waals surface area contributed by atoms with Crippen LogP contribution in [0.2, 0.25) is 0 Å². The fraction of sp³-hybridized carbons (Fsp3) is 0.273. The molecule has 0 amide bonds. The van der Waals surface area contributed by atoms with Crippen LogP contribution in [0.4, 0.5) is 10.1 Å². The Kier molecular flexibility index (Phi) is 5.32. The molecule has 0 saturated carbocycles. The molecule has 0 unspecified atom stereocenters. The van der Waals surface area contributed by atoms with Crippen LogP contribution in [0.3, 0.4) is 0 Å². The van der Waals surface area contributed by atoms with Gasteiger partial charge in [-0.3, -0.25) is 9.69 Å². The van der Waals surface area contributed by atoms with E-state index in [2.05, 4.69) is 28.9 Å². The van der Waals surface area contributed by atoms with E-state index in [-0.39, 0.29) is 17.3 Å². The van der Waals surface area contributed by atoms with E-state index in [1.54, 1.807) is 28.4 Å². The van der Waals surface area contributed by atoms with E-state index in [1.165, 1.54) is 10.9 Å². The lowest BCUT2D eigenvalue weighted by Crippen LogP contribution is -2.39. The summed E-state index contributed by atoms with van der Waals surface area (Å²) < 4.78 is 15.4. The lowest BCUT2D eigenvalue weighted by molar-refractivity contribution is -0.116. The summed E-state index contributed by atoms with van der Waals surface area (Å²) >= 11 is 4.86. The zero-order valence-electron chi connectivity index (χ0n) is 15.8. The number of hydrogen-bond donors (Lipinski definition) is 1. The molecule has 2 N–H and O–H groups in total. The number of nitrogens with zero attached hydrogens (tertiary/aromatic N) is 2. The Morgan fingerprint density at radius 1 is 1.34 bits per heavy atom. The van der Waals surface area contributed by atoms with Crippen molar-refractivity contribution in [2.45, 2.75) is 38.5 Å². The van der Waals surface area contributed by atoms with Crippen molar-refractivity contribution in [3.05, 3.63) is 73.0 Å². The number of allylic oxidation sites excluding steroid dienone is 3. The first-order valence-electron chi connectivity index (χ1n) is 9.46. The molecule has 2 aliphatic rings. The molecule has 148 valence electrons. The molecule has 0 bridgehead atoms. The van der Waals surface area contributed by atoms with Crippen LogP contribution < -0.4 is 10.6 Å². The minimum Gasteiger partial charge on any atom is -0.384 e. The molecular weight excluding hydrogens is 453 g/mol. The minimum absolute atomic E-state index is 0.00506. The number of rotatable bonds is 3. The quantitative estimate of drug-likeness (QED) is 0.639. The van der Waals surface area contributed by atoms with Crippen molar-refractivity contribution in [1.29, 1.82) is 5.26 Å². The van der Waals surface area contributed by atoms with Gasteiger partial charge >= 0.3 is 0 Å². The zero-order valence-corrected chi connectivity index (χ0v) is 18.2. The van der Waals surface area contributed by atoms with Gasteiger partial charge in [-0.05, 0) is 49.6 Å². The molecule has 0 radical (unpaired) electrons. The normalized spacial score (nSPS) is 19.4. The van der Waals surface area contributed by atoms with Gasteiger partial charge in [-0.15, -0.1) is 11.3 Å². The SMILES string of the molecule is CCc1ccc([C@@H]2C(C#N)=C(N)N(c3ccc(Br)cc3F)C3=C2C(=O)CCC3)s1. The number of aryl methyl sites for hydroxylation is 1. The van der Waals surface area contributed by atoms with E-state index in [1.807, 2.05) is 12.1 Å². The van der Waals surface area contributed by atoms with Crippen LogP contribution in [0.5, 0.6) is 0 Å². The summed E-state index contributed by atoms with van der Waals surface area (Å²) in [4.78, 5) is 16.7. The van der Waals surface area contributed by atoms with Crippen molar-refractivity contribution >= 4 is 38.7 Å². The van der Waals surface area contributed by atoms with Crippen molar-refractivity contribution < 1.29 is 9.18 Å². The second-order valence-electron chi connectivity index (χ2n) is 7.07. The van der Waals surface area contributed by atoms with E-state index in [0.29, 0.717) is 40.6 Å². The molecule has 1 aromatic carbocycles. The molecule has 2 heterocycles. The maximum absolute atomic E-state index is 14.8. The summed E-state index contributed by atoms with van der Waals surface area (Å²) in [6.45, 7) is 2.07. The third-order valence-corrected chi connectivity index (χ3v) is 7.17. The molecular formula is C22H19BrFN3OS. The number of carbonyl (C=O) groups excluding carboxylic acids is 1. The molecule has 7 heteroatoms. The fourth-order valence-corrected chi connectivity index (χ4v) is 5.45. The van der Waals surface area contributed by atoms with Crippen LogP contribution in [-0.2, 0) is 11.2 Å². The van der Waals surface area contributed by atoms with Crippen LogP contribution in [0.1, 0.15) is 41.9 Å². The van der Waals surface area contributed by atoms with Gasteiger partial charge in [-0.1, -0.05) is 22.9 Å². The van der Waals surface area contributed by atoms with Crippen LogP contribution in [0, 0.1) is 17.1 Å². The van der Waals surface area contributed by atoms with Gasteiger partial charge in [0.25, 0.3) is 0 Å². The Hall–Kier alpha value is -2.43. The number of benzene rings is 1. The Bertz CT molecular complexity index is 1110. The lowest BCUT2D eigenvalue weighted by atomic mass is 9.78. The van der Waals surface area contributed by atoms with Gasteiger partial charge in [-0.25, -0.2) is 4.39 Å². The standard InChI is InChI=1S/C22H19BrFN3OS/c1-2-13-7-9-19(29-13)20-14(11-25)22(26)27(16-8-6-12(23)10-15(16)24)17-4-3-5-18(28)21(17)20/h6-10,20H,2-5,26H2,1H3/t20-/m0/s1. The molecule has 0 saturated heterocycles. The van der Waals surface area contributed by atoms with Crippen LogP contribution in [0.25, 0.3) is 0 Å². The van der Waals surface area contributed by atoms with Gasteiger partial charge in [0.05, 0.1) is 23.2 Å². The van der Waals surface area contributed by atoms with E-state index in [0.717, 1.165) is 11.3 Å². The number of nitrogens with two attached hydrogens (primary N) is 1. The minimum atomic E-state index is -0.483. The number of anilines is 1. The predicted octanol–water partition coefficient (Wildman–Crippen LogP) is 5.52. The fourth-order valence-electron chi connectivity index (χ4n) is 4.05. The molecule has 1 atom stereocenters. The first kappa shape index (κ1) is 19.9. The van der Waals surface area contributed by atoms with E-state index in [4.69, 9.17) is 5.73 Å². The lowest BCUT2D eigenvalue weighted by Gasteiger charge is -2.39. The number of hydrogen-bond acceptors (Lipinski definition) is 5. The highest BCUT2D eigenvalue weighted by Gasteiger charge is 2.41. The Morgan fingerprint density at radius 2 is 2.14 bits per heavy atom. The smallest absolute Gasteiger partial charge is 0.161 e. The molecule has 0 spiro atoms. The third kappa shape index (κ3) is 3.30. The highest BCUT2D eigenvalue weighted by molar-refractivity contribution is 9.10. The first-order valence-corrected chi connectivity index (χ1v) is 11.1. The van der Waals surface area contributed by atoms with Crippen molar-refractivity contribution in [3.63, 3.8) is 0 Å². The van der Waals surface area contributed by atoms with Crippen LogP contribution in [-0.4, -0.2) is 5.78 Å². The van der Waals surface area contributed by atoms with Gasteiger partial charge in [0, 0.05) is 31.9 Å². The number of thiophene rings is 1. The molecule has 2 aromatic rings. The van der Waals surface area contributed by atoms with Crippen molar-refractivity contribution in [2.24, 2.45) is 5.73 Å². The summed E-state index contributed by atoms with van der Waals surface area (Å²) in [6, 6.07) is 10.9. The van der Waals surface area contributed by atoms with Crippen LogP contribution in [0.15, 0.2) is 57.5 Å². The highest BCUT2D eigenvalue weighted by atomic mass is 79.9. The average Bonchev–Trinajstić information content (AvgIpc) is 3.17. The van der Waals surface area contributed by atoms with E-state index < -0.39 is 11.7 Å². The van der Waals surface area contributed by atoms with Gasteiger partial charge in [0.15, 0.2) is 5.78 Å². The van der Waals surface area contributed by atoms with E-state index in [9.17, 15) is 14.4 Å². The van der Waals surface area contributed by atoms with E-state index >= 15 is 0 Å². The topological polar surface area (TPSA) is 70.1 Å². The zero-order chi connectivity index (χ0) is 20.7. The van der Waals surface area contributed by atoms with Crippen molar-refractivity contribution in [2.75, 3.05) is 4.90 Å². The maximum atomic E-state index is 14.8. The Labute approximate surface area is 181 Å². The predicted molar refractivity (Wildman–Crippen MR) is 116 cm³/mol. The Morgan fingerprint density at radius 3 is 2.79 bits per heavy atom. The van der Waals surface area contributed by atoms with Gasteiger partial charge in [0.1, 0.15) is 11.6 Å². The molecule has 1 aliphatic heterocycles. The molecule has 1 aliphatic carbocycles. The second-order valence-corrected chi connectivity index (χ2v) is 9.19. The summed E-state index contributed by atoms with van der Waals surface area (Å²) in [5, 5.41) is 9.97. The summed E-state index contributed by atoms with van der Waals surface area (Å²) in [5.41, 5.74) is 8.28. The van der Waals surface area contributed by atoms with Crippen molar-refractivity contribution in [3.8, 4) is 6.07 Å². The number of halogens is 2. The molecule has 4 nitrogen and oxygen atoms in total. The third-order valence-electron chi connectivity index (χ3n) is 5.38. The maximum Gasteiger partial charge on any atom is 0.161 e. The number of nitriles is 1. The number of Topliss-reactive ketones (excluding diaryl/α,β-unsaturated/α-hetero) is 1. The van der Waals surface area contributed by atoms with Crippen LogP contribution >= 0.6 is 27.3 Å². The summed E-state index contributed by atoms with van der Waals surface area (Å²) in [7, 11) is 0. The highest BCUT2D eigenvalue weighted by Crippen LogP contribution is 2.48. The summed E-state index contributed by atoms with van der Waals surface area (Å²) in [5.74, 6) is -0.751. The number of ketones is 1. The molecule has 4 rings (SSSR count). The molecule has 29 heavy (non-hydrogen) atoms. The average molecular weight is 472 g/mol. The van der Waals surface area contributed by atoms with Gasteiger partial charge < -0.3 is 5.73 Å². The van der Waals surface area contributed by atoms with Gasteiger partial charge in [-0.2, -0.15) is 5.26 Å². The second kappa shape index (κ2) is 7.77.